The van der Waals surface area contributed by atoms with Crippen molar-refractivity contribution >= 4 is 11.8 Å². The molecule has 2 aromatic rings. The van der Waals surface area contributed by atoms with Gasteiger partial charge in [-0.2, -0.15) is 0 Å². The molecule has 0 atom stereocenters. The van der Waals surface area contributed by atoms with Crippen LogP contribution in [0.3, 0.4) is 0 Å². The molecule has 2 aromatic carbocycles. The van der Waals surface area contributed by atoms with Crippen LogP contribution in [0.15, 0.2) is 47.4 Å². The first kappa shape index (κ1) is 14.8. The van der Waals surface area contributed by atoms with E-state index in [9.17, 15) is 5.11 Å². The van der Waals surface area contributed by atoms with Gasteiger partial charge in [0.05, 0.1) is 6.61 Å². The molecule has 0 bridgehead atoms. The lowest BCUT2D eigenvalue weighted by Crippen LogP contribution is -2.00. The maximum Gasteiger partial charge on any atom is 0.129 e. The number of phenols is 1. The molecule has 0 spiro atoms. The van der Waals surface area contributed by atoms with Gasteiger partial charge in [0, 0.05) is 10.6 Å². The molecule has 0 unspecified atom stereocenters. The molecule has 0 aliphatic heterocycles. The van der Waals surface area contributed by atoms with Crippen molar-refractivity contribution in [1.29, 1.82) is 0 Å². The van der Waals surface area contributed by atoms with E-state index in [0.717, 1.165) is 22.8 Å². The van der Waals surface area contributed by atoms with Gasteiger partial charge in [0.1, 0.15) is 11.5 Å². The highest BCUT2D eigenvalue weighted by Crippen LogP contribution is 2.28. The second kappa shape index (κ2) is 7.25. The lowest BCUT2D eigenvalue weighted by molar-refractivity contribution is 0.316. The second-order valence-corrected chi connectivity index (χ2v) is 5.92. The van der Waals surface area contributed by atoms with Gasteiger partial charge in [0.15, 0.2) is 0 Å². The van der Waals surface area contributed by atoms with Crippen molar-refractivity contribution in [2.75, 3.05) is 12.4 Å². The molecule has 1 N–H and O–H groups in total. The molecule has 0 aliphatic carbocycles. The van der Waals surface area contributed by atoms with Crippen LogP contribution in [-0.4, -0.2) is 17.5 Å². The topological polar surface area (TPSA) is 29.5 Å². The minimum absolute atomic E-state index is 0.355. The Hall–Kier alpha value is -1.61. The number of benzene rings is 2. The van der Waals surface area contributed by atoms with E-state index >= 15 is 0 Å². The van der Waals surface area contributed by atoms with E-state index in [4.69, 9.17) is 4.74 Å². The molecular weight excluding hydrogens is 268 g/mol. The Morgan fingerprint density at radius 2 is 1.90 bits per heavy atom. The quantitative estimate of drug-likeness (QED) is 0.623. The SMILES string of the molecule is Cc1ccc(C)c(OCCCSc2ccccc2O)c1. The fourth-order valence-electron chi connectivity index (χ4n) is 1.87. The summed E-state index contributed by atoms with van der Waals surface area (Å²) in [6.07, 6.45) is 0.951. The minimum Gasteiger partial charge on any atom is -0.507 e. The lowest BCUT2D eigenvalue weighted by Gasteiger charge is -2.10. The standard InChI is InChI=1S/C17H20O2S/c1-13-8-9-14(2)16(12-13)19-10-5-11-20-17-7-4-3-6-15(17)18/h3-4,6-9,12,18H,5,10-11H2,1-2H3. The Balaban J connectivity index is 1.74. The number of rotatable bonds is 6. The van der Waals surface area contributed by atoms with Crippen molar-refractivity contribution in [3.05, 3.63) is 53.6 Å². The smallest absolute Gasteiger partial charge is 0.129 e. The molecular formula is C17H20O2S. The van der Waals surface area contributed by atoms with Crippen LogP contribution < -0.4 is 4.74 Å². The second-order valence-electron chi connectivity index (χ2n) is 4.79. The van der Waals surface area contributed by atoms with E-state index in [0.29, 0.717) is 12.4 Å². The Labute approximate surface area is 124 Å². The van der Waals surface area contributed by atoms with Crippen molar-refractivity contribution in [1.82, 2.24) is 0 Å². The first-order valence-electron chi connectivity index (χ1n) is 6.77. The third-order valence-electron chi connectivity index (χ3n) is 3.01. The number of para-hydroxylation sites is 1. The Bertz CT molecular complexity index is 567. The van der Waals surface area contributed by atoms with Gasteiger partial charge < -0.3 is 9.84 Å². The summed E-state index contributed by atoms with van der Waals surface area (Å²) in [6, 6.07) is 13.7. The number of aryl methyl sites for hydroxylation is 2. The zero-order chi connectivity index (χ0) is 14.4. The van der Waals surface area contributed by atoms with Crippen LogP contribution in [0.4, 0.5) is 0 Å². The molecule has 0 saturated heterocycles. The molecule has 0 fully saturated rings. The van der Waals surface area contributed by atoms with E-state index < -0.39 is 0 Å². The Kier molecular flexibility index (Phi) is 5.36. The molecule has 0 aliphatic rings. The summed E-state index contributed by atoms with van der Waals surface area (Å²) in [5, 5.41) is 9.66. The molecule has 0 heterocycles. The van der Waals surface area contributed by atoms with Gasteiger partial charge in [-0.3, -0.25) is 0 Å². The average molecular weight is 288 g/mol. The molecule has 0 aromatic heterocycles. The van der Waals surface area contributed by atoms with Crippen LogP contribution >= 0.6 is 11.8 Å². The van der Waals surface area contributed by atoms with Crippen molar-refractivity contribution < 1.29 is 9.84 Å². The van der Waals surface area contributed by atoms with E-state index in [-0.39, 0.29) is 0 Å². The predicted molar refractivity (Wildman–Crippen MR) is 84.9 cm³/mol. The molecule has 3 heteroatoms. The molecule has 106 valence electrons. The van der Waals surface area contributed by atoms with Crippen LogP contribution in [0.2, 0.25) is 0 Å². The van der Waals surface area contributed by atoms with Crippen molar-refractivity contribution in [2.24, 2.45) is 0 Å². The van der Waals surface area contributed by atoms with Crippen molar-refractivity contribution in [3.63, 3.8) is 0 Å². The molecule has 20 heavy (non-hydrogen) atoms. The summed E-state index contributed by atoms with van der Waals surface area (Å²) < 4.78 is 5.81. The summed E-state index contributed by atoms with van der Waals surface area (Å²) >= 11 is 1.66. The molecule has 0 saturated carbocycles. The maximum absolute atomic E-state index is 9.66. The van der Waals surface area contributed by atoms with E-state index in [1.807, 2.05) is 18.2 Å². The highest BCUT2D eigenvalue weighted by atomic mass is 32.2. The van der Waals surface area contributed by atoms with Crippen LogP contribution in [0, 0.1) is 13.8 Å². The third-order valence-corrected chi connectivity index (χ3v) is 4.16. The number of thioether (sulfide) groups is 1. The van der Waals surface area contributed by atoms with Crippen LogP contribution in [-0.2, 0) is 0 Å². The number of ether oxygens (including phenoxy) is 1. The maximum atomic E-state index is 9.66. The summed E-state index contributed by atoms with van der Waals surface area (Å²) in [5.41, 5.74) is 2.39. The fourth-order valence-corrected chi connectivity index (χ4v) is 2.74. The Morgan fingerprint density at radius 1 is 1.10 bits per heavy atom. The summed E-state index contributed by atoms with van der Waals surface area (Å²) in [4.78, 5) is 0.930. The monoisotopic (exact) mass is 288 g/mol. The predicted octanol–water partition coefficient (Wildman–Crippen LogP) is 4.57. The highest BCUT2D eigenvalue weighted by molar-refractivity contribution is 7.99. The number of phenolic OH excluding ortho intramolecular Hbond substituents is 1. The van der Waals surface area contributed by atoms with E-state index in [1.165, 1.54) is 11.1 Å². The number of aromatic hydroxyl groups is 1. The van der Waals surface area contributed by atoms with Crippen LogP contribution in [0.25, 0.3) is 0 Å². The zero-order valence-corrected chi connectivity index (χ0v) is 12.7. The third kappa shape index (κ3) is 4.20. The summed E-state index contributed by atoms with van der Waals surface area (Å²) in [6.45, 7) is 4.83. The van der Waals surface area contributed by atoms with Gasteiger partial charge in [-0.25, -0.2) is 0 Å². The van der Waals surface area contributed by atoms with Crippen molar-refractivity contribution in [2.45, 2.75) is 25.2 Å². The molecule has 2 nitrogen and oxygen atoms in total. The zero-order valence-electron chi connectivity index (χ0n) is 11.9. The average Bonchev–Trinajstić information content (AvgIpc) is 2.44. The van der Waals surface area contributed by atoms with Gasteiger partial charge >= 0.3 is 0 Å². The first-order valence-corrected chi connectivity index (χ1v) is 7.76. The van der Waals surface area contributed by atoms with Gasteiger partial charge in [-0.1, -0.05) is 24.3 Å². The molecule has 0 amide bonds. The normalized spacial score (nSPS) is 10.5. The fraction of sp³-hybridized carbons (Fsp3) is 0.294. The van der Waals surface area contributed by atoms with Gasteiger partial charge in [0.2, 0.25) is 0 Å². The van der Waals surface area contributed by atoms with Gasteiger partial charge in [-0.15, -0.1) is 11.8 Å². The molecule has 0 radical (unpaired) electrons. The van der Waals surface area contributed by atoms with Crippen molar-refractivity contribution in [3.8, 4) is 11.5 Å². The highest BCUT2D eigenvalue weighted by Gasteiger charge is 2.02. The summed E-state index contributed by atoms with van der Waals surface area (Å²) in [5.74, 6) is 2.26. The van der Waals surface area contributed by atoms with Gasteiger partial charge in [0.25, 0.3) is 0 Å². The number of hydrogen-bond acceptors (Lipinski definition) is 3. The van der Waals surface area contributed by atoms with E-state index in [2.05, 4.69) is 32.0 Å². The van der Waals surface area contributed by atoms with Crippen LogP contribution in [0.1, 0.15) is 17.5 Å². The largest absolute Gasteiger partial charge is 0.507 e. The van der Waals surface area contributed by atoms with Crippen LogP contribution in [0.5, 0.6) is 11.5 Å². The first-order chi connectivity index (χ1) is 9.66. The summed E-state index contributed by atoms with van der Waals surface area (Å²) in [7, 11) is 0. The van der Waals surface area contributed by atoms with E-state index in [1.54, 1.807) is 17.8 Å². The lowest BCUT2D eigenvalue weighted by atomic mass is 10.1. The van der Waals surface area contributed by atoms with Gasteiger partial charge in [-0.05, 0) is 49.6 Å². The molecule has 2 rings (SSSR count). The number of hydrogen-bond donors (Lipinski definition) is 1. The minimum atomic E-state index is 0.355. The Morgan fingerprint density at radius 3 is 2.70 bits per heavy atom.